The van der Waals surface area contributed by atoms with Crippen LogP contribution in [0.15, 0.2) is 48.5 Å². The Labute approximate surface area is 157 Å². The molecule has 0 saturated carbocycles. The molecular weight excluding hydrogens is 349 g/mol. The van der Waals surface area contributed by atoms with E-state index in [9.17, 15) is 19.1 Å². The Kier molecular flexibility index (Phi) is 6.06. The summed E-state index contributed by atoms with van der Waals surface area (Å²) in [6, 6.07) is 12.6. The highest BCUT2D eigenvalue weighted by Gasteiger charge is 2.24. The Balaban J connectivity index is 1.48. The molecule has 2 aromatic rings. The van der Waals surface area contributed by atoms with Crippen LogP contribution < -0.4 is 4.74 Å². The smallest absolute Gasteiger partial charge is 0.335 e. The van der Waals surface area contributed by atoms with Crippen LogP contribution in [0.3, 0.4) is 0 Å². The number of halogens is 1. The van der Waals surface area contributed by atoms with Crippen LogP contribution in [-0.4, -0.2) is 41.6 Å². The molecule has 0 bridgehead atoms. The summed E-state index contributed by atoms with van der Waals surface area (Å²) in [7, 11) is 0. The van der Waals surface area contributed by atoms with Crippen LogP contribution in [-0.2, 0) is 11.2 Å². The molecule has 1 aliphatic heterocycles. The van der Waals surface area contributed by atoms with Crippen molar-refractivity contribution in [3.8, 4) is 5.75 Å². The van der Waals surface area contributed by atoms with Crippen LogP contribution in [0.2, 0.25) is 0 Å². The summed E-state index contributed by atoms with van der Waals surface area (Å²) in [6.45, 7) is 1.19. The number of benzene rings is 2. The van der Waals surface area contributed by atoms with Crippen molar-refractivity contribution >= 4 is 11.9 Å². The van der Waals surface area contributed by atoms with Gasteiger partial charge in [-0.3, -0.25) is 4.79 Å². The Morgan fingerprint density at radius 2 is 1.74 bits per heavy atom. The molecule has 2 aromatic carbocycles. The predicted molar refractivity (Wildman–Crippen MR) is 98.3 cm³/mol. The number of hydrogen-bond acceptors (Lipinski definition) is 3. The molecule has 142 valence electrons. The van der Waals surface area contributed by atoms with E-state index in [0.717, 1.165) is 18.4 Å². The van der Waals surface area contributed by atoms with Gasteiger partial charge in [0, 0.05) is 13.1 Å². The summed E-state index contributed by atoms with van der Waals surface area (Å²) >= 11 is 0. The fourth-order valence-corrected chi connectivity index (χ4v) is 3.37. The molecule has 0 aliphatic carbocycles. The number of carboxylic acids is 1. The summed E-state index contributed by atoms with van der Waals surface area (Å²) in [6.07, 6.45) is 2.36. The van der Waals surface area contributed by atoms with Gasteiger partial charge in [0.2, 0.25) is 0 Å². The molecule has 1 saturated heterocycles. The number of aromatic carboxylic acids is 1. The molecule has 5 nitrogen and oxygen atoms in total. The first-order chi connectivity index (χ1) is 13.0. The van der Waals surface area contributed by atoms with Gasteiger partial charge in [0.15, 0.2) is 6.61 Å². The zero-order valence-electron chi connectivity index (χ0n) is 14.9. The van der Waals surface area contributed by atoms with E-state index in [0.29, 0.717) is 36.7 Å². The number of hydrogen-bond donors (Lipinski definition) is 1. The van der Waals surface area contributed by atoms with E-state index in [1.807, 2.05) is 12.1 Å². The largest absolute Gasteiger partial charge is 0.484 e. The summed E-state index contributed by atoms with van der Waals surface area (Å²) in [5, 5.41) is 9.29. The maximum Gasteiger partial charge on any atom is 0.335 e. The van der Waals surface area contributed by atoms with Crippen molar-refractivity contribution in [2.24, 2.45) is 5.92 Å². The quantitative estimate of drug-likeness (QED) is 0.845. The van der Waals surface area contributed by atoms with Gasteiger partial charge in [-0.25, -0.2) is 9.18 Å². The molecule has 3 rings (SSSR count). The maximum absolute atomic E-state index is 12.9. The molecule has 0 atom stereocenters. The van der Waals surface area contributed by atoms with Gasteiger partial charge in [0.25, 0.3) is 5.91 Å². The Bertz CT molecular complexity index is 798. The lowest BCUT2D eigenvalue weighted by Crippen LogP contribution is -2.41. The first-order valence-electron chi connectivity index (χ1n) is 9.00. The molecule has 0 radical (unpaired) electrons. The molecule has 1 fully saturated rings. The fourth-order valence-electron chi connectivity index (χ4n) is 3.37. The van der Waals surface area contributed by atoms with Gasteiger partial charge < -0.3 is 14.7 Å². The Morgan fingerprint density at radius 1 is 1.07 bits per heavy atom. The van der Waals surface area contributed by atoms with E-state index in [1.165, 1.54) is 24.3 Å². The minimum absolute atomic E-state index is 0.0713. The van der Waals surface area contributed by atoms with Crippen LogP contribution in [0.1, 0.15) is 28.8 Å². The maximum atomic E-state index is 12.9. The highest BCUT2D eigenvalue weighted by atomic mass is 19.1. The molecule has 6 heteroatoms. The van der Waals surface area contributed by atoms with Gasteiger partial charge in [0.1, 0.15) is 11.6 Å². The number of carbonyl (C=O) groups excluding carboxylic acids is 1. The number of carbonyl (C=O) groups is 2. The highest BCUT2D eigenvalue weighted by molar-refractivity contribution is 5.89. The number of ether oxygens (including phenoxy) is 1. The van der Waals surface area contributed by atoms with Crippen molar-refractivity contribution in [3.63, 3.8) is 0 Å². The number of carboxylic acid groups (broad SMARTS) is 1. The summed E-state index contributed by atoms with van der Waals surface area (Å²) in [5.74, 6) is -0.530. The van der Waals surface area contributed by atoms with Gasteiger partial charge in [-0.15, -0.1) is 0 Å². The number of nitrogens with zero attached hydrogens (tertiary/aromatic N) is 1. The second-order valence-corrected chi connectivity index (χ2v) is 6.73. The zero-order valence-corrected chi connectivity index (χ0v) is 14.9. The molecule has 1 heterocycles. The van der Waals surface area contributed by atoms with E-state index in [4.69, 9.17) is 4.74 Å². The third kappa shape index (κ3) is 5.06. The predicted octanol–water partition coefficient (Wildman–Crippen LogP) is 3.38. The fraction of sp³-hybridized carbons (Fsp3) is 0.333. The SMILES string of the molecule is O=C(O)c1ccccc1CC1CCN(C(=O)COc2ccc(F)cc2)CC1. The first-order valence-corrected chi connectivity index (χ1v) is 9.00. The molecule has 1 aliphatic rings. The first kappa shape index (κ1) is 18.9. The third-order valence-corrected chi connectivity index (χ3v) is 4.90. The lowest BCUT2D eigenvalue weighted by atomic mass is 9.88. The van der Waals surface area contributed by atoms with Crippen molar-refractivity contribution in [2.45, 2.75) is 19.3 Å². The monoisotopic (exact) mass is 371 g/mol. The van der Waals surface area contributed by atoms with E-state index < -0.39 is 5.97 Å². The third-order valence-electron chi connectivity index (χ3n) is 4.90. The van der Waals surface area contributed by atoms with E-state index >= 15 is 0 Å². The van der Waals surface area contributed by atoms with Crippen molar-refractivity contribution in [1.29, 1.82) is 0 Å². The average molecular weight is 371 g/mol. The summed E-state index contributed by atoms with van der Waals surface area (Å²) < 4.78 is 18.3. The topological polar surface area (TPSA) is 66.8 Å². The minimum atomic E-state index is -0.906. The van der Waals surface area contributed by atoms with Gasteiger partial charge in [0.05, 0.1) is 5.56 Å². The van der Waals surface area contributed by atoms with Crippen LogP contribution in [0, 0.1) is 11.7 Å². The van der Waals surface area contributed by atoms with Crippen LogP contribution in [0.4, 0.5) is 4.39 Å². The standard InChI is InChI=1S/C21H22FNO4/c22-17-5-7-18(8-6-17)27-14-20(24)23-11-9-15(10-12-23)13-16-3-1-2-4-19(16)21(25)26/h1-8,15H,9-14H2,(H,25,26). The molecule has 27 heavy (non-hydrogen) atoms. The number of amides is 1. The molecule has 0 aromatic heterocycles. The van der Waals surface area contributed by atoms with Crippen molar-refractivity contribution in [1.82, 2.24) is 4.90 Å². The molecule has 1 N–H and O–H groups in total. The van der Waals surface area contributed by atoms with Crippen LogP contribution >= 0.6 is 0 Å². The number of piperidine rings is 1. The van der Waals surface area contributed by atoms with E-state index in [1.54, 1.807) is 17.0 Å². The van der Waals surface area contributed by atoms with Crippen LogP contribution in [0.5, 0.6) is 5.75 Å². The van der Waals surface area contributed by atoms with Crippen molar-refractivity contribution in [2.75, 3.05) is 19.7 Å². The van der Waals surface area contributed by atoms with E-state index in [-0.39, 0.29) is 18.3 Å². The number of likely N-dealkylation sites (tertiary alicyclic amines) is 1. The highest BCUT2D eigenvalue weighted by Crippen LogP contribution is 2.24. The summed E-state index contributed by atoms with van der Waals surface area (Å²) in [4.78, 5) is 25.4. The van der Waals surface area contributed by atoms with Gasteiger partial charge in [-0.2, -0.15) is 0 Å². The lowest BCUT2D eigenvalue weighted by molar-refractivity contribution is -0.134. The van der Waals surface area contributed by atoms with Crippen molar-refractivity contribution in [3.05, 3.63) is 65.5 Å². The van der Waals surface area contributed by atoms with Gasteiger partial charge >= 0.3 is 5.97 Å². The lowest BCUT2D eigenvalue weighted by Gasteiger charge is -2.32. The Hall–Kier alpha value is -2.89. The Morgan fingerprint density at radius 3 is 2.41 bits per heavy atom. The zero-order chi connectivity index (χ0) is 19.2. The summed E-state index contributed by atoms with van der Waals surface area (Å²) in [5.41, 5.74) is 1.19. The second-order valence-electron chi connectivity index (χ2n) is 6.73. The average Bonchev–Trinajstić information content (AvgIpc) is 2.68. The number of rotatable bonds is 6. The molecule has 1 amide bonds. The van der Waals surface area contributed by atoms with E-state index in [2.05, 4.69) is 0 Å². The molecule has 0 spiro atoms. The minimum Gasteiger partial charge on any atom is -0.484 e. The molecule has 0 unspecified atom stereocenters. The van der Waals surface area contributed by atoms with Gasteiger partial charge in [-0.05, 0) is 61.1 Å². The molecular formula is C21H22FNO4. The normalized spacial score (nSPS) is 14.8. The van der Waals surface area contributed by atoms with Gasteiger partial charge in [-0.1, -0.05) is 18.2 Å². The van der Waals surface area contributed by atoms with Crippen LogP contribution in [0.25, 0.3) is 0 Å². The van der Waals surface area contributed by atoms with Crippen molar-refractivity contribution < 1.29 is 23.8 Å². The second kappa shape index (κ2) is 8.66.